The van der Waals surface area contributed by atoms with Gasteiger partial charge in [0, 0.05) is 58.5 Å². The number of nitrogens with zero attached hydrogens (tertiary/aromatic N) is 5. The van der Waals surface area contributed by atoms with E-state index in [1.165, 1.54) is 41.8 Å². The van der Waals surface area contributed by atoms with E-state index in [1.54, 1.807) is 11.3 Å². The second kappa shape index (κ2) is 11.7. The number of hydrogen-bond donors (Lipinski definition) is 0. The second-order valence-electron chi connectivity index (χ2n) is 14.0. The van der Waals surface area contributed by atoms with Crippen LogP contribution in [0.5, 0.6) is 0 Å². The van der Waals surface area contributed by atoms with Crippen LogP contribution in [-0.4, -0.2) is 24.1 Å². The van der Waals surface area contributed by atoms with E-state index >= 15 is 0 Å². The molecule has 0 saturated heterocycles. The first-order valence-electron chi connectivity index (χ1n) is 18.5. The van der Waals surface area contributed by atoms with Gasteiger partial charge in [-0.05, 0) is 59.3 Å². The summed E-state index contributed by atoms with van der Waals surface area (Å²) in [7, 11) is 0. The molecule has 0 atom stereocenters. The monoisotopic (exact) mass is 719 g/mol. The number of benzene rings is 8. The Morgan fingerprint density at radius 3 is 1.75 bits per heavy atom. The molecule has 0 amide bonds. The largest absolute Gasteiger partial charge is 0.309 e. The highest BCUT2D eigenvalue weighted by molar-refractivity contribution is 7.26. The normalized spacial score (nSPS) is 12.0. The summed E-state index contributed by atoms with van der Waals surface area (Å²) in [6.45, 7) is 0. The third-order valence-electron chi connectivity index (χ3n) is 10.9. The second-order valence-corrected chi connectivity index (χ2v) is 15.1. The van der Waals surface area contributed by atoms with Gasteiger partial charge in [-0.1, -0.05) is 127 Å². The van der Waals surface area contributed by atoms with Crippen molar-refractivity contribution in [2.75, 3.05) is 0 Å². The molecule has 8 aromatic carbocycles. The molecule has 0 aliphatic heterocycles. The predicted octanol–water partition coefficient (Wildman–Crippen LogP) is 12.9. The molecule has 0 spiro atoms. The quantitative estimate of drug-likeness (QED) is 0.182. The summed E-state index contributed by atoms with van der Waals surface area (Å²) in [4.78, 5) is 16.0. The van der Waals surface area contributed by atoms with Gasteiger partial charge in [-0.25, -0.2) is 4.98 Å². The van der Waals surface area contributed by atoms with Crippen molar-refractivity contribution in [1.29, 1.82) is 0 Å². The van der Waals surface area contributed by atoms with E-state index in [-0.39, 0.29) is 0 Å². The summed E-state index contributed by atoms with van der Waals surface area (Å²) in [5.41, 5.74) is 7.44. The van der Waals surface area contributed by atoms with Crippen molar-refractivity contribution < 1.29 is 0 Å². The van der Waals surface area contributed by atoms with Gasteiger partial charge in [0.25, 0.3) is 0 Å². The Kier molecular flexibility index (Phi) is 6.44. The minimum Gasteiger partial charge on any atom is -0.309 e. The molecule has 0 saturated carbocycles. The van der Waals surface area contributed by atoms with Crippen molar-refractivity contribution in [2.45, 2.75) is 0 Å². The lowest BCUT2D eigenvalue weighted by atomic mass is 10.00. The summed E-state index contributed by atoms with van der Waals surface area (Å²) < 4.78 is 7.02. The van der Waals surface area contributed by atoms with Gasteiger partial charge in [-0.3, -0.25) is 4.57 Å². The average molecular weight is 720 g/mol. The fraction of sp³-hybridized carbons (Fsp3) is 0. The molecule has 12 rings (SSSR count). The van der Waals surface area contributed by atoms with E-state index in [2.05, 4.69) is 167 Å². The average Bonchev–Trinajstić information content (AvgIpc) is 3.91. The Morgan fingerprint density at radius 2 is 0.982 bits per heavy atom. The van der Waals surface area contributed by atoms with Crippen LogP contribution < -0.4 is 0 Å². The maximum Gasteiger partial charge on any atom is 0.238 e. The van der Waals surface area contributed by atoms with Crippen LogP contribution >= 0.6 is 11.3 Å². The fourth-order valence-corrected chi connectivity index (χ4v) is 9.77. The topological polar surface area (TPSA) is 48.5 Å². The van der Waals surface area contributed by atoms with E-state index in [0.717, 1.165) is 49.5 Å². The minimum atomic E-state index is 0.583. The first-order valence-corrected chi connectivity index (χ1v) is 19.3. The number of para-hydroxylation sites is 3. The molecule has 55 heavy (non-hydrogen) atoms. The molecule has 0 aliphatic carbocycles. The van der Waals surface area contributed by atoms with Crippen LogP contribution in [0.3, 0.4) is 0 Å². The highest BCUT2D eigenvalue weighted by Crippen LogP contribution is 2.44. The molecule has 0 aliphatic rings. The third-order valence-corrected chi connectivity index (χ3v) is 12.2. The van der Waals surface area contributed by atoms with Crippen LogP contribution in [0, 0.1) is 0 Å². The van der Waals surface area contributed by atoms with Crippen LogP contribution in [0.4, 0.5) is 0 Å². The zero-order chi connectivity index (χ0) is 36.0. The molecule has 5 nitrogen and oxygen atoms in total. The first kappa shape index (κ1) is 30.3. The third kappa shape index (κ3) is 4.49. The van der Waals surface area contributed by atoms with Gasteiger partial charge >= 0.3 is 0 Å². The Balaban J connectivity index is 1.21. The van der Waals surface area contributed by atoms with Gasteiger partial charge in [0.05, 0.1) is 22.1 Å². The molecule has 6 heteroatoms. The molecule has 256 valence electrons. The Morgan fingerprint density at radius 1 is 0.400 bits per heavy atom. The standard InChI is InChI=1S/C49H29N5S/c1-3-15-30(16-4-1)47-50-48(39-27-31-17-7-8-20-33(31)45-36-23-11-14-26-44(36)55-46(39)45)52-49(51-47)54-41-25-13-10-22-35(41)38-28-37-34-21-9-12-24-40(34)53(42(37)29-43(38)54)32-18-5-2-6-19-32/h1-29H. The number of hydrogen-bond acceptors (Lipinski definition) is 4. The summed E-state index contributed by atoms with van der Waals surface area (Å²) in [5.74, 6) is 1.86. The van der Waals surface area contributed by atoms with E-state index in [0.29, 0.717) is 17.6 Å². The van der Waals surface area contributed by atoms with E-state index in [9.17, 15) is 0 Å². The number of rotatable bonds is 4. The van der Waals surface area contributed by atoms with Gasteiger partial charge in [0.2, 0.25) is 5.95 Å². The molecule has 12 aromatic rings. The smallest absolute Gasteiger partial charge is 0.238 e. The molecule has 0 bridgehead atoms. The zero-order valence-corrected chi connectivity index (χ0v) is 30.2. The van der Waals surface area contributed by atoms with Gasteiger partial charge in [-0.15, -0.1) is 11.3 Å². The van der Waals surface area contributed by atoms with Crippen molar-refractivity contribution in [1.82, 2.24) is 24.1 Å². The van der Waals surface area contributed by atoms with Crippen LogP contribution in [0.25, 0.3) is 109 Å². The maximum absolute atomic E-state index is 5.44. The van der Waals surface area contributed by atoms with E-state index in [4.69, 9.17) is 15.0 Å². The van der Waals surface area contributed by atoms with Gasteiger partial charge in [0.1, 0.15) is 0 Å². The van der Waals surface area contributed by atoms with Crippen LogP contribution in [0.2, 0.25) is 0 Å². The molecule has 0 fully saturated rings. The predicted molar refractivity (Wildman–Crippen MR) is 230 cm³/mol. The maximum atomic E-state index is 5.44. The summed E-state index contributed by atoms with van der Waals surface area (Å²) in [6, 6.07) is 62.4. The molecule has 4 aromatic heterocycles. The SMILES string of the molecule is c1ccc(-c2nc(-c3cc4ccccc4c4c3sc3ccccc34)nc(-n3c4ccccc4c4cc5c6ccccc6n(-c6ccccc6)c5cc43)n2)cc1. The van der Waals surface area contributed by atoms with Gasteiger partial charge < -0.3 is 4.57 Å². The first-order chi connectivity index (χ1) is 27.3. The fourth-order valence-electron chi connectivity index (χ4n) is 8.54. The van der Waals surface area contributed by atoms with Gasteiger partial charge in [-0.2, -0.15) is 9.97 Å². The highest BCUT2D eigenvalue weighted by atomic mass is 32.1. The number of aromatic nitrogens is 5. The van der Waals surface area contributed by atoms with E-state index in [1.807, 2.05) is 18.2 Å². The Labute approximate surface area is 319 Å². The van der Waals surface area contributed by atoms with Crippen molar-refractivity contribution in [3.63, 3.8) is 0 Å². The molecular weight excluding hydrogens is 691 g/mol. The number of thiophene rings is 1. The summed E-state index contributed by atoms with van der Waals surface area (Å²) in [5, 5.41) is 9.61. The number of fused-ring (bicyclic) bond motifs is 11. The summed E-state index contributed by atoms with van der Waals surface area (Å²) >= 11 is 1.80. The van der Waals surface area contributed by atoms with Crippen LogP contribution in [0.1, 0.15) is 0 Å². The molecule has 0 unspecified atom stereocenters. The van der Waals surface area contributed by atoms with Crippen LogP contribution in [0.15, 0.2) is 176 Å². The van der Waals surface area contributed by atoms with Crippen molar-refractivity contribution in [3.05, 3.63) is 176 Å². The molecule has 0 radical (unpaired) electrons. The lowest BCUT2D eigenvalue weighted by Crippen LogP contribution is -2.06. The summed E-state index contributed by atoms with van der Waals surface area (Å²) in [6.07, 6.45) is 0. The molecular formula is C49H29N5S. The van der Waals surface area contributed by atoms with Gasteiger partial charge in [0.15, 0.2) is 11.6 Å². The van der Waals surface area contributed by atoms with Crippen molar-refractivity contribution in [2.24, 2.45) is 0 Å². The highest BCUT2D eigenvalue weighted by Gasteiger charge is 2.23. The lowest BCUT2D eigenvalue weighted by Gasteiger charge is -2.13. The van der Waals surface area contributed by atoms with Crippen molar-refractivity contribution in [3.8, 4) is 34.4 Å². The Hall–Kier alpha value is -7.15. The molecule has 4 heterocycles. The zero-order valence-electron chi connectivity index (χ0n) is 29.4. The lowest BCUT2D eigenvalue weighted by molar-refractivity contribution is 0.955. The van der Waals surface area contributed by atoms with Crippen molar-refractivity contribution >= 4 is 85.9 Å². The van der Waals surface area contributed by atoms with E-state index < -0.39 is 0 Å². The minimum absolute atomic E-state index is 0.583. The van der Waals surface area contributed by atoms with Crippen LogP contribution in [-0.2, 0) is 0 Å². The Bertz CT molecular complexity index is 3490. The molecule has 0 N–H and O–H groups in total.